The normalized spacial score (nSPS) is 15.9. The van der Waals surface area contributed by atoms with E-state index < -0.39 is 59.8 Å². The van der Waals surface area contributed by atoms with Crippen molar-refractivity contribution in [2.45, 2.75) is 64.5 Å². The standard InChI is InChI=1S/C22H26F6N6O2.ClH/c1-3-11(2)19(29)20(36)30-13(6-12-7-15(24)16(25)9-14(12)23)8-18(35)33-4-5-34-17(10-33)31-32-21(34)22(26,27)28;/h7,9,11,13,19H,3-6,8,10,29H2,1-2H3,(H,30,36);1H/t11?,13-,19?;/m1./s1. The van der Waals surface area contributed by atoms with Crippen LogP contribution in [0.1, 0.15) is 43.9 Å². The summed E-state index contributed by atoms with van der Waals surface area (Å²) in [5, 5.41) is 9.26. The van der Waals surface area contributed by atoms with Crippen molar-refractivity contribution in [3.63, 3.8) is 0 Å². The molecule has 1 aromatic heterocycles. The lowest BCUT2D eigenvalue weighted by Crippen LogP contribution is -2.50. The van der Waals surface area contributed by atoms with Crippen LogP contribution in [0.5, 0.6) is 0 Å². The topological polar surface area (TPSA) is 106 Å². The largest absolute Gasteiger partial charge is 0.451 e. The van der Waals surface area contributed by atoms with Gasteiger partial charge in [-0.2, -0.15) is 13.2 Å². The Labute approximate surface area is 215 Å². The Balaban J connectivity index is 0.00000481. The average Bonchev–Trinajstić information content (AvgIpc) is 3.25. The predicted octanol–water partition coefficient (Wildman–Crippen LogP) is 2.97. The van der Waals surface area contributed by atoms with Crippen LogP contribution in [-0.2, 0) is 35.3 Å². The van der Waals surface area contributed by atoms with Gasteiger partial charge in [0.25, 0.3) is 0 Å². The van der Waals surface area contributed by atoms with Crippen LogP contribution >= 0.6 is 12.4 Å². The van der Waals surface area contributed by atoms with Crippen molar-refractivity contribution in [2.24, 2.45) is 11.7 Å². The molecule has 3 rings (SSSR count). The maximum absolute atomic E-state index is 14.3. The first-order valence-electron chi connectivity index (χ1n) is 11.3. The zero-order chi connectivity index (χ0) is 26.8. The highest BCUT2D eigenvalue weighted by molar-refractivity contribution is 5.85. The van der Waals surface area contributed by atoms with Crippen LogP contribution in [0, 0.1) is 23.4 Å². The third-order valence-corrected chi connectivity index (χ3v) is 6.24. The van der Waals surface area contributed by atoms with Crippen molar-refractivity contribution in [3.8, 4) is 0 Å². The zero-order valence-corrected chi connectivity index (χ0v) is 20.8. The summed E-state index contributed by atoms with van der Waals surface area (Å²) in [7, 11) is 0. The smallest absolute Gasteiger partial charge is 0.351 e. The molecule has 0 bridgehead atoms. The van der Waals surface area contributed by atoms with Gasteiger partial charge in [-0.1, -0.05) is 20.3 Å². The number of halogens is 7. The number of amides is 2. The van der Waals surface area contributed by atoms with Crippen LogP contribution < -0.4 is 11.1 Å². The fourth-order valence-electron chi connectivity index (χ4n) is 3.89. The predicted molar refractivity (Wildman–Crippen MR) is 122 cm³/mol. The first kappa shape index (κ1) is 30.4. The molecule has 15 heteroatoms. The number of nitrogens with zero attached hydrogens (tertiary/aromatic N) is 4. The van der Waals surface area contributed by atoms with Crippen molar-refractivity contribution >= 4 is 24.2 Å². The summed E-state index contributed by atoms with van der Waals surface area (Å²) >= 11 is 0. The van der Waals surface area contributed by atoms with Crippen molar-refractivity contribution in [3.05, 3.63) is 46.8 Å². The molecule has 2 heterocycles. The van der Waals surface area contributed by atoms with E-state index in [9.17, 15) is 35.9 Å². The summed E-state index contributed by atoms with van der Waals surface area (Å²) in [4.78, 5) is 26.9. The lowest BCUT2D eigenvalue weighted by molar-refractivity contribution is -0.148. The first-order chi connectivity index (χ1) is 16.8. The molecule has 3 atom stereocenters. The summed E-state index contributed by atoms with van der Waals surface area (Å²) in [6, 6.07) is -0.974. The molecule has 3 N–H and O–H groups in total. The number of nitrogens with two attached hydrogens (primary N) is 1. The maximum Gasteiger partial charge on any atom is 0.451 e. The summed E-state index contributed by atoms with van der Waals surface area (Å²) < 4.78 is 81.4. The Morgan fingerprint density at radius 1 is 1.11 bits per heavy atom. The van der Waals surface area contributed by atoms with Gasteiger partial charge in [-0.3, -0.25) is 9.59 Å². The van der Waals surface area contributed by atoms with E-state index in [1.165, 1.54) is 4.90 Å². The van der Waals surface area contributed by atoms with Crippen molar-refractivity contribution in [2.75, 3.05) is 6.54 Å². The molecule has 8 nitrogen and oxygen atoms in total. The fraction of sp³-hybridized carbons (Fsp3) is 0.545. The molecular formula is C22H27ClF6N6O2. The molecule has 0 aliphatic carbocycles. The molecule has 2 aromatic rings. The van der Waals surface area contributed by atoms with Gasteiger partial charge in [-0.15, -0.1) is 22.6 Å². The van der Waals surface area contributed by atoms with Crippen molar-refractivity contribution < 1.29 is 35.9 Å². The quantitative estimate of drug-likeness (QED) is 0.384. The van der Waals surface area contributed by atoms with Crippen LogP contribution in [0.2, 0.25) is 0 Å². The maximum atomic E-state index is 14.3. The van der Waals surface area contributed by atoms with Gasteiger partial charge in [-0.25, -0.2) is 13.2 Å². The minimum absolute atomic E-state index is 0. The van der Waals surface area contributed by atoms with E-state index in [0.717, 1.165) is 4.57 Å². The number of carbonyl (C=O) groups excluding carboxylic acids is 2. The van der Waals surface area contributed by atoms with E-state index in [1.54, 1.807) is 6.92 Å². The Morgan fingerprint density at radius 2 is 1.76 bits per heavy atom. The molecule has 1 aliphatic rings. The van der Waals surface area contributed by atoms with Gasteiger partial charge < -0.3 is 20.5 Å². The highest BCUT2D eigenvalue weighted by atomic mass is 35.5. The summed E-state index contributed by atoms with van der Waals surface area (Å²) in [5.41, 5.74) is 5.68. The van der Waals surface area contributed by atoms with Crippen LogP contribution in [0.3, 0.4) is 0 Å². The molecule has 0 saturated carbocycles. The monoisotopic (exact) mass is 556 g/mol. The third kappa shape index (κ3) is 7.12. The average molecular weight is 557 g/mol. The van der Waals surface area contributed by atoms with Gasteiger partial charge in [0, 0.05) is 31.6 Å². The highest BCUT2D eigenvalue weighted by Gasteiger charge is 2.40. The molecule has 37 heavy (non-hydrogen) atoms. The van der Waals surface area contributed by atoms with E-state index in [1.807, 2.05) is 6.92 Å². The zero-order valence-electron chi connectivity index (χ0n) is 20.0. The second kappa shape index (κ2) is 12.1. The Hall–Kier alpha value is -2.87. The molecule has 1 aromatic carbocycles. The summed E-state index contributed by atoms with van der Waals surface area (Å²) in [5.74, 6) is -6.36. The second-order valence-electron chi connectivity index (χ2n) is 8.79. The van der Waals surface area contributed by atoms with E-state index >= 15 is 0 Å². The van der Waals surface area contributed by atoms with Gasteiger partial charge in [-0.05, 0) is 24.0 Å². The molecular weight excluding hydrogens is 530 g/mol. The van der Waals surface area contributed by atoms with E-state index in [0.29, 0.717) is 18.6 Å². The molecule has 0 saturated heterocycles. The number of fused-ring (bicyclic) bond motifs is 1. The number of rotatable bonds is 8. The minimum atomic E-state index is -4.70. The number of carbonyl (C=O) groups is 2. The Kier molecular flexibility index (Phi) is 9.94. The van der Waals surface area contributed by atoms with Gasteiger partial charge in [0.15, 0.2) is 17.5 Å². The summed E-state index contributed by atoms with van der Waals surface area (Å²) in [6.07, 6.45) is -4.85. The number of benzene rings is 1. The first-order valence-corrected chi connectivity index (χ1v) is 11.3. The van der Waals surface area contributed by atoms with E-state index in [4.69, 9.17) is 5.73 Å². The van der Waals surface area contributed by atoms with Crippen LogP contribution in [0.25, 0.3) is 0 Å². The molecule has 0 radical (unpaired) electrons. The van der Waals surface area contributed by atoms with Crippen LogP contribution in [-0.4, -0.2) is 50.1 Å². The molecule has 0 spiro atoms. The SMILES string of the molecule is CCC(C)C(N)C(=O)N[C@@H](CC(=O)N1CCn2c(nnc2C(F)(F)F)C1)Cc1cc(F)c(F)cc1F.Cl. The molecule has 2 amide bonds. The highest BCUT2D eigenvalue weighted by Crippen LogP contribution is 2.29. The van der Waals surface area contributed by atoms with Gasteiger partial charge in [0.1, 0.15) is 5.82 Å². The van der Waals surface area contributed by atoms with E-state index in [2.05, 4.69) is 15.5 Å². The number of alkyl halides is 3. The van der Waals surface area contributed by atoms with Gasteiger partial charge >= 0.3 is 6.18 Å². The lowest BCUT2D eigenvalue weighted by atomic mass is 9.97. The second-order valence-corrected chi connectivity index (χ2v) is 8.79. The van der Waals surface area contributed by atoms with Crippen LogP contribution in [0.4, 0.5) is 26.3 Å². The third-order valence-electron chi connectivity index (χ3n) is 6.24. The number of aromatic nitrogens is 3. The molecule has 206 valence electrons. The molecule has 2 unspecified atom stereocenters. The lowest BCUT2D eigenvalue weighted by Gasteiger charge is -2.30. The molecule has 0 fully saturated rings. The fourth-order valence-corrected chi connectivity index (χ4v) is 3.89. The Bertz CT molecular complexity index is 1130. The molecule has 1 aliphatic heterocycles. The van der Waals surface area contributed by atoms with Crippen molar-refractivity contribution in [1.82, 2.24) is 25.0 Å². The van der Waals surface area contributed by atoms with Crippen molar-refractivity contribution in [1.29, 1.82) is 0 Å². The van der Waals surface area contributed by atoms with Gasteiger partial charge in [0.05, 0.1) is 12.6 Å². The number of nitrogens with one attached hydrogen (secondary N) is 1. The summed E-state index contributed by atoms with van der Waals surface area (Å²) in [6.45, 7) is 3.04. The minimum Gasteiger partial charge on any atom is -0.351 e. The number of hydrogen-bond donors (Lipinski definition) is 2. The van der Waals surface area contributed by atoms with Gasteiger partial charge in [0.2, 0.25) is 17.6 Å². The Morgan fingerprint density at radius 3 is 2.38 bits per heavy atom. The van der Waals surface area contributed by atoms with E-state index in [-0.39, 0.29) is 55.8 Å². The van der Waals surface area contributed by atoms with Crippen LogP contribution in [0.15, 0.2) is 12.1 Å². The number of hydrogen-bond acceptors (Lipinski definition) is 5.